The van der Waals surface area contributed by atoms with Crippen molar-refractivity contribution in [1.29, 1.82) is 0 Å². The standard InChI is InChI=1S/C16H20N2O/c1-10(2)4-5-11-8-9-13-14(15(11)19-3)18-16(17-13)12-6-7-12/h4,8-9,12H,5-7H2,1-3H3,(H,17,18). The topological polar surface area (TPSA) is 37.9 Å². The first kappa shape index (κ1) is 12.3. The van der Waals surface area contributed by atoms with Crippen molar-refractivity contribution in [2.75, 3.05) is 7.11 Å². The molecule has 0 unspecified atom stereocenters. The van der Waals surface area contributed by atoms with E-state index in [1.807, 2.05) is 0 Å². The fourth-order valence-electron chi connectivity index (χ4n) is 2.36. The largest absolute Gasteiger partial charge is 0.494 e. The summed E-state index contributed by atoms with van der Waals surface area (Å²) in [7, 11) is 1.73. The number of allylic oxidation sites excluding steroid dienone is 2. The predicted octanol–water partition coefficient (Wildman–Crippen LogP) is 3.96. The van der Waals surface area contributed by atoms with Gasteiger partial charge in [-0.25, -0.2) is 4.98 Å². The molecule has 3 rings (SSSR count). The third kappa shape index (κ3) is 2.37. The second kappa shape index (κ2) is 4.72. The molecule has 100 valence electrons. The number of hydrogen-bond donors (Lipinski definition) is 1. The Morgan fingerprint density at radius 2 is 2.21 bits per heavy atom. The van der Waals surface area contributed by atoms with Crippen LogP contribution in [0, 0.1) is 0 Å². The minimum absolute atomic E-state index is 0.637. The highest BCUT2D eigenvalue weighted by atomic mass is 16.5. The number of methoxy groups -OCH3 is 1. The summed E-state index contributed by atoms with van der Waals surface area (Å²) < 4.78 is 5.59. The second-order valence-corrected chi connectivity index (χ2v) is 5.54. The molecule has 0 atom stereocenters. The number of fused-ring (bicyclic) bond motifs is 1. The summed E-state index contributed by atoms with van der Waals surface area (Å²) in [4.78, 5) is 8.15. The minimum atomic E-state index is 0.637. The van der Waals surface area contributed by atoms with Gasteiger partial charge in [-0.3, -0.25) is 0 Å². The summed E-state index contributed by atoms with van der Waals surface area (Å²) in [6.45, 7) is 4.23. The number of nitrogens with zero attached hydrogens (tertiary/aromatic N) is 1. The van der Waals surface area contributed by atoms with E-state index in [4.69, 9.17) is 9.72 Å². The first-order valence-electron chi connectivity index (χ1n) is 6.88. The lowest BCUT2D eigenvalue weighted by atomic mass is 10.1. The van der Waals surface area contributed by atoms with Crippen LogP contribution in [0.5, 0.6) is 5.75 Å². The third-order valence-corrected chi connectivity index (χ3v) is 3.61. The molecule has 0 radical (unpaired) electrons. The molecule has 0 amide bonds. The number of imidazole rings is 1. The SMILES string of the molecule is COc1c(CC=C(C)C)ccc2[nH]c(C3CC3)nc12. The van der Waals surface area contributed by atoms with E-state index in [2.05, 4.69) is 37.0 Å². The normalized spacial score (nSPS) is 14.7. The van der Waals surface area contributed by atoms with Gasteiger partial charge in [-0.15, -0.1) is 0 Å². The van der Waals surface area contributed by atoms with Crippen molar-refractivity contribution in [2.24, 2.45) is 0 Å². The summed E-state index contributed by atoms with van der Waals surface area (Å²) in [5.41, 5.74) is 4.58. The van der Waals surface area contributed by atoms with E-state index in [-0.39, 0.29) is 0 Å². The highest BCUT2D eigenvalue weighted by Crippen LogP contribution is 2.40. The molecular weight excluding hydrogens is 236 g/mol. The Hall–Kier alpha value is -1.77. The van der Waals surface area contributed by atoms with Crippen LogP contribution in [-0.4, -0.2) is 17.1 Å². The molecule has 1 heterocycles. The molecule has 0 bridgehead atoms. The molecule has 1 N–H and O–H groups in total. The molecule has 0 saturated heterocycles. The maximum Gasteiger partial charge on any atom is 0.150 e. The smallest absolute Gasteiger partial charge is 0.150 e. The van der Waals surface area contributed by atoms with E-state index < -0.39 is 0 Å². The number of H-pyrrole nitrogens is 1. The molecule has 3 heteroatoms. The minimum Gasteiger partial charge on any atom is -0.494 e. The summed E-state index contributed by atoms with van der Waals surface area (Å²) in [6.07, 6.45) is 5.63. The second-order valence-electron chi connectivity index (χ2n) is 5.54. The van der Waals surface area contributed by atoms with Gasteiger partial charge in [0.25, 0.3) is 0 Å². The average Bonchev–Trinajstić information content (AvgIpc) is 3.15. The molecule has 19 heavy (non-hydrogen) atoms. The van der Waals surface area contributed by atoms with Crippen molar-refractivity contribution >= 4 is 11.0 Å². The van der Waals surface area contributed by atoms with Crippen molar-refractivity contribution in [3.8, 4) is 5.75 Å². The zero-order valence-electron chi connectivity index (χ0n) is 11.8. The van der Waals surface area contributed by atoms with Gasteiger partial charge in [0, 0.05) is 11.5 Å². The summed E-state index contributed by atoms with van der Waals surface area (Å²) in [6, 6.07) is 4.25. The van der Waals surface area contributed by atoms with E-state index in [1.54, 1.807) is 7.11 Å². The molecule has 1 aliphatic carbocycles. The van der Waals surface area contributed by atoms with Gasteiger partial charge in [0.1, 0.15) is 17.1 Å². The Kier molecular flexibility index (Phi) is 3.05. The van der Waals surface area contributed by atoms with Crippen molar-refractivity contribution in [2.45, 2.75) is 39.0 Å². The zero-order valence-corrected chi connectivity index (χ0v) is 11.8. The maximum atomic E-state index is 5.59. The van der Waals surface area contributed by atoms with Gasteiger partial charge in [0.2, 0.25) is 0 Å². The van der Waals surface area contributed by atoms with E-state index in [9.17, 15) is 0 Å². The highest BCUT2D eigenvalue weighted by Gasteiger charge is 2.27. The lowest BCUT2D eigenvalue weighted by Crippen LogP contribution is -1.92. The van der Waals surface area contributed by atoms with Crippen molar-refractivity contribution in [1.82, 2.24) is 9.97 Å². The number of benzene rings is 1. The van der Waals surface area contributed by atoms with Crippen LogP contribution < -0.4 is 4.74 Å². The molecule has 1 saturated carbocycles. The molecule has 0 aliphatic heterocycles. The van der Waals surface area contributed by atoms with Gasteiger partial charge in [0.15, 0.2) is 0 Å². The summed E-state index contributed by atoms with van der Waals surface area (Å²) in [5, 5.41) is 0. The number of aromatic nitrogens is 2. The molecule has 2 aromatic rings. The van der Waals surface area contributed by atoms with Crippen LogP contribution in [0.25, 0.3) is 11.0 Å². The van der Waals surface area contributed by atoms with Crippen LogP contribution in [-0.2, 0) is 6.42 Å². The number of nitrogens with one attached hydrogen (secondary N) is 1. The van der Waals surface area contributed by atoms with E-state index in [0.29, 0.717) is 5.92 Å². The lowest BCUT2D eigenvalue weighted by Gasteiger charge is -2.07. The lowest BCUT2D eigenvalue weighted by molar-refractivity contribution is 0.415. The number of hydrogen-bond acceptors (Lipinski definition) is 2. The summed E-state index contributed by atoms with van der Waals surface area (Å²) in [5.74, 6) is 2.67. The first-order chi connectivity index (χ1) is 9.19. The van der Waals surface area contributed by atoms with Crippen LogP contribution >= 0.6 is 0 Å². The Morgan fingerprint density at radius 3 is 2.84 bits per heavy atom. The van der Waals surface area contributed by atoms with E-state index in [0.717, 1.165) is 29.0 Å². The van der Waals surface area contributed by atoms with Gasteiger partial charge < -0.3 is 9.72 Å². The van der Waals surface area contributed by atoms with Crippen LogP contribution in [0.4, 0.5) is 0 Å². The molecule has 0 spiro atoms. The van der Waals surface area contributed by atoms with Crippen LogP contribution in [0.15, 0.2) is 23.8 Å². The van der Waals surface area contributed by atoms with Crippen molar-refractivity contribution in [3.05, 3.63) is 35.2 Å². The van der Waals surface area contributed by atoms with Crippen LogP contribution in [0.3, 0.4) is 0 Å². The van der Waals surface area contributed by atoms with Gasteiger partial charge in [-0.05, 0) is 39.2 Å². The number of rotatable bonds is 4. The van der Waals surface area contributed by atoms with Gasteiger partial charge >= 0.3 is 0 Å². The molecule has 1 aliphatic rings. The van der Waals surface area contributed by atoms with Gasteiger partial charge in [-0.2, -0.15) is 0 Å². The van der Waals surface area contributed by atoms with Crippen LogP contribution in [0.2, 0.25) is 0 Å². The molecular formula is C16H20N2O. The Bertz CT molecular complexity index is 631. The van der Waals surface area contributed by atoms with Gasteiger partial charge in [-0.1, -0.05) is 17.7 Å². The predicted molar refractivity (Wildman–Crippen MR) is 77.8 cm³/mol. The highest BCUT2D eigenvalue weighted by molar-refractivity contribution is 5.83. The van der Waals surface area contributed by atoms with E-state index in [1.165, 1.54) is 24.0 Å². The Morgan fingerprint density at radius 1 is 1.42 bits per heavy atom. The number of aromatic amines is 1. The monoisotopic (exact) mass is 256 g/mol. The average molecular weight is 256 g/mol. The zero-order chi connectivity index (χ0) is 13.4. The quantitative estimate of drug-likeness (QED) is 0.841. The van der Waals surface area contributed by atoms with Crippen LogP contribution in [0.1, 0.15) is 44.0 Å². The first-order valence-corrected chi connectivity index (χ1v) is 6.88. The maximum absolute atomic E-state index is 5.59. The van der Waals surface area contributed by atoms with Crippen molar-refractivity contribution in [3.63, 3.8) is 0 Å². The molecule has 3 nitrogen and oxygen atoms in total. The number of ether oxygens (including phenoxy) is 1. The fourth-order valence-corrected chi connectivity index (χ4v) is 2.36. The summed E-state index contributed by atoms with van der Waals surface area (Å²) >= 11 is 0. The molecule has 1 aromatic heterocycles. The third-order valence-electron chi connectivity index (χ3n) is 3.61. The molecule has 1 fully saturated rings. The molecule has 1 aromatic carbocycles. The fraction of sp³-hybridized carbons (Fsp3) is 0.438. The van der Waals surface area contributed by atoms with E-state index >= 15 is 0 Å². The van der Waals surface area contributed by atoms with Crippen molar-refractivity contribution < 1.29 is 4.74 Å². The van der Waals surface area contributed by atoms with Gasteiger partial charge in [0.05, 0.1) is 12.6 Å². The Labute approximate surface area is 113 Å². The Balaban J connectivity index is 2.05.